The van der Waals surface area contributed by atoms with E-state index in [0.29, 0.717) is 18.8 Å². The van der Waals surface area contributed by atoms with Gasteiger partial charge in [0.1, 0.15) is 17.3 Å². The molecule has 1 aliphatic heterocycles. The molecule has 1 saturated heterocycles. The minimum absolute atomic E-state index is 0.0510. The predicted molar refractivity (Wildman–Crippen MR) is 131 cm³/mol. The lowest BCUT2D eigenvalue weighted by molar-refractivity contribution is 0.0623. The van der Waals surface area contributed by atoms with Crippen LogP contribution in [0.3, 0.4) is 0 Å². The first-order valence-corrected chi connectivity index (χ1v) is 12.0. The summed E-state index contributed by atoms with van der Waals surface area (Å²) in [6.07, 6.45) is 4.80. The van der Waals surface area contributed by atoms with E-state index in [-0.39, 0.29) is 17.8 Å². The van der Waals surface area contributed by atoms with Crippen LogP contribution in [0.2, 0.25) is 0 Å². The molecule has 1 N–H and O–H groups in total. The van der Waals surface area contributed by atoms with Crippen molar-refractivity contribution in [2.24, 2.45) is 0 Å². The van der Waals surface area contributed by atoms with Crippen molar-refractivity contribution in [1.82, 2.24) is 14.9 Å². The first-order chi connectivity index (χ1) is 16.1. The van der Waals surface area contributed by atoms with E-state index in [1.165, 1.54) is 23.5 Å². The molecular formula is C26H25FN4OS. The van der Waals surface area contributed by atoms with Crippen molar-refractivity contribution < 1.29 is 9.18 Å². The molecule has 1 fully saturated rings. The minimum Gasteiger partial charge on any atom is -0.367 e. The lowest BCUT2D eigenvalue weighted by atomic mass is 10.0. The summed E-state index contributed by atoms with van der Waals surface area (Å²) in [6, 6.07) is 16.5. The molecule has 0 radical (unpaired) electrons. The van der Waals surface area contributed by atoms with Crippen molar-refractivity contribution in [2.75, 3.05) is 18.4 Å². The fraction of sp³-hybridized carbons (Fsp3) is 0.269. The van der Waals surface area contributed by atoms with Gasteiger partial charge in [-0.1, -0.05) is 36.4 Å². The van der Waals surface area contributed by atoms with E-state index in [1.54, 1.807) is 12.1 Å². The molecular weight excluding hydrogens is 435 g/mol. The molecule has 0 bridgehead atoms. The first-order valence-electron chi connectivity index (χ1n) is 11.2. The zero-order valence-electron chi connectivity index (χ0n) is 18.4. The molecule has 7 heteroatoms. The number of aryl methyl sites for hydroxylation is 1. The number of thiazole rings is 1. The van der Waals surface area contributed by atoms with Crippen LogP contribution >= 0.6 is 11.3 Å². The van der Waals surface area contributed by atoms with Gasteiger partial charge in [0.15, 0.2) is 0 Å². The summed E-state index contributed by atoms with van der Waals surface area (Å²) in [5, 5.41) is 6.51. The number of halogens is 1. The van der Waals surface area contributed by atoms with Gasteiger partial charge in [0, 0.05) is 30.7 Å². The lowest BCUT2D eigenvalue weighted by Gasteiger charge is -2.36. The molecule has 4 aromatic rings. The fourth-order valence-electron chi connectivity index (χ4n) is 4.46. The van der Waals surface area contributed by atoms with E-state index < -0.39 is 0 Å². The van der Waals surface area contributed by atoms with Crippen molar-refractivity contribution in [1.29, 1.82) is 0 Å². The van der Waals surface area contributed by atoms with Gasteiger partial charge < -0.3 is 10.2 Å². The van der Waals surface area contributed by atoms with Crippen LogP contribution in [0.25, 0.3) is 21.2 Å². The lowest BCUT2D eigenvalue weighted by Crippen LogP contribution is -2.47. The number of carbonyl (C=O) groups excluding carboxylic acids is 1. The van der Waals surface area contributed by atoms with Gasteiger partial charge in [0.2, 0.25) is 0 Å². The number of fused-ring (bicyclic) bond motifs is 1. The first kappa shape index (κ1) is 21.5. The van der Waals surface area contributed by atoms with E-state index in [1.807, 2.05) is 36.2 Å². The van der Waals surface area contributed by atoms with Gasteiger partial charge in [-0.05, 0) is 55.3 Å². The van der Waals surface area contributed by atoms with Gasteiger partial charge in [-0.15, -0.1) is 11.3 Å². The number of nitrogens with one attached hydrogen (secondary N) is 1. The number of piperidine rings is 1. The van der Waals surface area contributed by atoms with E-state index in [0.717, 1.165) is 51.3 Å². The number of benzene rings is 2. The summed E-state index contributed by atoms with van der Waals surface area (Å²) in [7, 11) is 0. The highest BCUT2D eigenvalue weighted by molar-refractivity contribution is 7.15. The molecule has 5 rings (SSSR count). The van der Waals surface area contributed by atoms with Gasteiger partial charge in [0.25, 0.3) is 5.91 Å². The number of rotatable bonds is 5. The third-order valence-corrected chi connectivity index (χ3v) is 7.13. The highest BCUT2D eigenvalue weighted by atomic mass is 32.1. The number of likely N-dealkylation sites (tertiary alicyclic amines) is 1. The van der Waals surface area contributed by atoms with Crippen LogP contribution in [-0.4, -0.2) is 39.9 Å². The molecule has 1 aliphatic rings. The Labute approximate surface area is 196 Å². The van der Waals surface area contributed by atoms with Crippen LogP contribution in [0, 0.1) is 12.7 Å². The minimum atomic E-state index is -0.294. The second kappa shape index (κ2) is 9.27. The van der Waals surface area contributed by atoms with Crippen LogP contribution < -0.4 is 5.32 Å². The van der Waals surface area contributed by atoms with Gasteiger partial charge >= 0.3 is 0 Å². The summed E-state index contributed by atoms with van der Waals surface area (Å²) in [5.41, 5.74) is 1.27. The zero-order valence-corrected chi connectivity index (χ0v) is 19.2. The standard InChI is InChI=1S/C26H25FN4OS/c1-17-30-23(24(33-17)19-9-11-20(27)12-10-19)26(32)31-15-5-4-7-21(31)16-29-25-22-8-3-2-6-18(22)13-14-28-25/h2-3,6,8-14,21H,4-5,7,15-16H2,1H3,(H,28,29). The highest BCUT2D eigenvalue weighted by Crippen LogP contribution is 2.32. The van der Waals surface area contributed by atoms with E-state index in [9.17, 15) is 9.18 Å². The number of anilines is 1. The Hall–Kier alpha value is -3.32. The molecule has 0 spiro atoms. The molecule has 3 heterocycles. The smallest absolute Gasteiger partial charge is 0.274 e. The average molecular weight is 461 g/mol. The Morgan fingerprint density at radius 3 is 2.82 bits per heavy atom. The Bertz CT molecular complexity index is 1280. The summed E-state index contributed by atoms with van der Waals surface area (Å²) in [6.45, 7) is 3.23. The third kappa shape index (κ3) is 4.46. The summed E-state index contributed by atoms with van der Waals surface area (Å²) >= 11 is 1.47. The Kier molecular flexibility index (Phi) is 6.05. The van der Waals surface area contributed by atoms with Crippen LogP contribution in [0.5, 0.6) is 0 Å². The summed E-state index contributed by atoms with van der Waals surface area (Å²) in [5.74, 6) is 0.482. The predicted octanol–water partition coefficient (Wildman–Crippen LogP) is 5.91. The Morgan fingerprint density at radius 1 is 1.15 bits per heavy atom. The van der Waals surface area contributed by atoms with Crippen molar-refractivity contribution in [3.63, 3.8) is 0 Å². The molecule has 0 aliphatic carbocycles. The van der Waals surface area contributed by atoms with Crippen molar-refractivity contribution >= 4 is 33.8 Å². The molecule has 2 aromatic carbocycles. The topological polar surface area (TPSA) is 58.1 Å². The van der Waals surface area contributed by atoms with Crippen LogP contribution in [-0.2, 0) is 0 Å². The van der Waals surface area contributed by atoms with Gasteiger partial charge in [-0.3, -0.25) is 4.79 Å². The number of nitrogens with zero attached hydrogens (tertiary/aromatic N) is 3. The Balaban J connectivity index is 1.39. The molecule has 33 heavy (non-hydrogen) atoms. The Morgan fingerprint density at radius 2 is 1.97 bits per heavy atom. The number of pyridine rings is 1. The highest BCUT2D eigenvalue weighted by Gasteiger charge is 2.31. The number of aromatic nitrogens is 2. The molecule has 1 unspecified atom stereocenters. The van der Waals surface area contributed by atoms with E-state index in [2.05, 4.69) is 27.4 Å². The van der Waals surface area contributed by atoms with Gasteiger partial charge in [-0.2, -0.15) is 0 Å². The largest absolute Gasteiger partial charge is 0.367 e. The quantitative estimate of drug-likeness (QED) is 0.402. The monoisotopic (exact) mass is 460 g/mol. The number of hydrogen-bond donors (Lipinski definition) is 1. The van der Waals surface area contributed by atoms with Gasteiger partial charge in [-0.25, -0.2) is 14.4 Å². The average Bonchev–Trinajstić information content (AvgIpc) is 3.24. The van der Waals surface area contributed by atoms with Crippen molar-refractivity contribution in [2.45, 2.75) is 32.2 Å². The fourth-order valence-corrected chi connectivity index (χ4v) is 5.38. The van der Waals surface area contributed by atoms with Crippen LogP contribution in [0.1, 0.15) is 34.8 Å². The maximum absolute atomic E-state index is 13.7. The normalized spacial score (nSPS) is 16.2. The molecule has 1 amide bonds. The maximum atomic E-state index is 13.7. The van der Waals surface area contributed by atoms with Crippen molar-refractivity contribution in [3.8, 4) is 10.4 Å². The third-order valence-electron chi connectivity index (χ3n) is 6.11. The number of carbonyl (C=O) groups is 1. The number of hydrogen-bond acceptors (Lipinski definition) is 5. The maximum Gasteiger partial charge on any atom is 0.274 e. The number of amides is 1. The zero-order chi connectivity index (χ0) is 22.8. The van der Waals surface area contributed by atoms with Crippen LogP contribution in [0.15, 0.2) is 60.8 Å². The van der Waals surface area contributed by atoms with Crippen LogP contribution in [0.4, 0.5) is 10.2 Å². The van der Waals surface area contributed by atoms with Crippen molar-refractivity contribution in [3.05, 3.63) is 77.3 Å². The van der Waals surface area contributed by atoms with Gasteiger partial charge in [0.05, 0.1) is 9.88 Å². The molecule has 0 saturated carbocycles. The summed E-state index contributed by atoms with van der Waals surface area (Å²) in [4.78, 5) is 25.5. The molecule has 2 aromatic heterocycles. The second-order valence-electron chi connectivity index (χ2n) is 8.33. The molecule has 5 nitrogen and oxygen atoms in total. The van der Waals surface area contributed by atoms with E-state index >= 15 is 0 Å². The molecule has 168 valence electrons. The summed E-state index contributed by atoms with van der Waals surface area (Å²) < 4.78 is 13.4. The SMILES string of the molecule is Cc1nc(C(=O)N2CCCCC2CNc2nccc3ccccc23)c(-c2ccc(F)cc2)s1. The van der Waals surface area contributed by atoms with E-state index in [4.69, 9.17) is 0 Å². The molecule has 1 atom stereocenters. The second-order valence-corrected chi connectivity index (χ2v) is 9.53.